The molecule has 2 heteroatoms. The molecule has 0 N–H and O–H groups in total. The van der Waals surface area contributed by atoms with Crippen molar-refractivity contribution >= 4 is 5.97 Å². The van der Waals surface area contributed by atoms with Gasteiger partial charge in [-0.05, 0) is 37.5 Å². The second-order valence-corrected chi connectivity index (χ2v) is 5.99. The third-order valence-corrected chi connectivity index (χ3v) is 4.48. The lowest BCUT2D eigenvalue weighted by Crippen LogP contribution is -2.41. The summed E-state index contributed by atoms with van der Waals surface area (Å²) >= 11 is 0. The van der Waals surface area contributed by atoms with Gasteiger partial charge in [0.15, 0.2) is 0 Å². The highest BCUT2D eigenvalue weighted by molar-refractivity contribution is 5.80. The number of carbonyl (C=O) groups excluding carboxylic acids is 1. The van der Waals surface area contributed by atoms with Crippen LogP contribution in [0.2, 0.25) is 0 Å². The molecule has 17 heavy (non-hydrogen) atoms. The van der Waals surface area contributed by atoms with Crippen molar-refractivity contribution < 1.29 is 9.53 Å². The molecule has 0 aromatic carbocycles. The topological polar surface area (TPSA) is 26.3 Å². The van der Waals surface area contributed by atoms with E-state index in [0.29, 0.717) is 12.0 Å². The van der Waals surface area contributed by atoms with Crippen LogP contribution in [0.25, 0.3) is 0 Å². The molecule has 0 aromatic rings. The number of rotatable bonds is 5. The number of ether oxygens (including phenoxy) is 1. The van der Waals surface area contributed by atoms with Gasteiger partial charge in [-0.2, -0.15) is 0 Å². The number of hydrogen-bond donors (Lipinski definition) is 0. The molecule has 0 radical (unpaired) electrons. The Hall–Kier alpha value is -0.790. The van der Waals surface area contributed by atoms with E-state index in [1.165, 1.54) is 6.42 Å². The molecule has 3 rings (SSSR count). The van der Waals surface area contributed by atoms with E-state index in [1.54, 1.807) is 0 Å². The van der Waals surface area contributed by atoms with Crippen LogP contribution in [0, 0.1) is 10.8 Å². The van der Waals surface area contributed by atoms with Crippen LogP contribution in [0.4, 0.5) is 0 Å². The maximum Gasteiger partial charge on any atom is 0.315 e. The van der Waals surface area contributed by atoms with Crippen molar-refractivity contribution in [2.45, 2.75) is 58.8 Å². The van der Waals surface area contributed by atoms with E-state index in [1.807, 2.05) is 0 Å². The monoisotopic (exact) mass is 236 g/mol. The van der Waals surface area contributed by atoms with Crippen molar-refractivity contribution in [3.63, 3.8) is 0 Å². The van der Waals surface area contributed by atoms with Gasteiger partial charge in [0.2, 0.25) is 0 Å². The molecule has 2 nitrogen and oxygen atoms in total. The number of hydrogen-bond acceptors (Lipinski definition) is 2. The van der Waals surface area contributed by atoms with Crippen LogP contribution in [0.1, 0.15) is 58.8 Å². The molecule has 0 aliphatic heterocycles. The van der Waals surface area contributed by atoms with Crippen LogP contribution >= 0.6 is 0 Å². The number of allylic oxidation sites excluding steroid dienone is 1. The number of carbonyl (C=O) groups is 1. The van der Waals surface area contributed by atoms with Crippen molar-refractivity contribution in [1.82, 2.24) is 0 Å². The largest absolute Gasteiger partial charge is 0.465 e. The highest BCUT2D eigenvalue weighted by atomic mass is 16.5. The lowest BCUT2D eigenvalue weighted by atomic mass is 9.59. The maximum atomic E-state index is 12.2. The van der Waals surface area contributed by atoms with Gasteiger partial charge < -0.3 is 4.74 Å². The Bertz CT molecular complexity index is 309. The molecular formula is C15H24O2. The van der Waals surface area contributed by atoms with Gasteiger partial charge in [0.05, 0.1) is 12.0 Å². The Kier molecular flexibility index (Phi) is 3.60. The number of fused-ring (bicyclic) bond motifs is 2. The zero-order valence-corrected chi connectivity index (χ0v) is 11.1. The van der Waals surface area contributed by atoms with Gasteiger partial charge in [-0.25, -0.2) is 0 Å². The maximum absolute atomic E-state index is 12.2. The van der Waals surface area contributed by atoms with Gasteiger partial charge >= 0.3 is 5.97 Å². The van der Waals surface area contributed by atoms with Gasteiger partial charge in [0, 0.05) is 0 Å². The fourth-order valence-corrected chi connectivity index (χ4v) is 2.89. The first-order chi connectivity index (χ1) is 8.10. The third-order valence-electron chi connectivity index (χ3n) is 4.48. The van der Waals surface area contributed by atoms with E-state index >= 15 is 0 Å². The van der Waals surface area contributed by atoms with E-state index in [0.717, 1.165) is 38.5 Å². The quantitative estimate of drug-likeness (QED) is 0.411. The average molecular weight is 236 g/mol. The molecule has 3 aliphatic carbocycles. The lowest BCUT2D eigenvalue weighted by molar-refractivity contribution is -0.156. The minimum Gasteiger partial charge on any atom is -0.465 e. The highest BCUT2D eigenvalue weighted by Crippen LogP contribution is 2.52. The Labute approximate surface area is 104 Å². The van der Waals surface area contributed by atoms with Gasteiger partial charge in [-0.15, -0.1) is 0 Å². The molecule has 0 atom stereocenters. The molecule has 0 spiro atoms. The molecule has 3 aliphatic rings. The summed E-state index contributed by atoms with van der Waals surface area (Å²) in [6.45, 7) is 5.05. The van der Waals surface area contributed by atoms with E-state index < -0.39 is 0 Å². The predicted molar refractivity (Wildman–Crippen MR) is 68.6 cm³/mol. The third kappa shape index (κ3) is 2.56. The first kappa shape index (κ1) is 12.7. The first-order valence-corrected chi connectivity index (χ1v) is 6.98. The van der Waals surface area contributed by atoms with Crippen molar-refractivity contribution in [2.75, 3.05) is 6.61 Å². The van der Waals surface area contributed by atoms with Crippen molar-refractivity contribution in [3.05, 3.63) is 12.2 Å². The first-order valence-electron chi connectivity index (χ1n) is 6.98. The molecule has 0 aromatic heterocycles. The summed E-state index contributed by atoms with van der Waals surface area (Å²) in [6, 6.07) is 0. The summed E-state index contributed by atoms with van der Waals surface area (Å²) in [6.07, 6.45) is 11.9. The highest BCUT2D eigenvalue weighted by Gasteiger charge is 2.47. The smallest absolute Gasteiger partial charge is 0.315 e. The van der Waals surface area contributed by atoms with Crippen LogP contribution in [0.3, 0.4) is 0 Å². The van der Waals surface area contributed by atoms with Gasteiger partial charge in [0.25, 0.3) is 0 Å². The molecule has 1 fully saturated rings. The van der Waals surface area contributed by atoms with Gasteiger partial charge in [0.1, 0.15) is 0 Å². The zero-order chi connectivity index (χ0) is 12.4. The van der Waals surface area contributed by atoms with E-state index in [4.69, 9.17) is 4.74 Å². The van der Waals surface area contributed by atoms with Crippen molar-refractivity contribution in [3.8, 4) is 0 Å². The SMILES string of the molecule is CCCCCOC(=O)C12C=CC(C)(CC1)CC2. The fraction of sp³-hybridized carbons (Fsp3) is 0.800. The Morgan fingerprint density at radius 2 is 1.88 bits per heavy atom. The molecule has 96 valence electrons. The summed E-state index contributed by atoms with van der Waals surface area (Å²) < 4.78 is 5.45. The summed E-state index contributed by atoms with van der Waals surface area (Å²) in [7, 11) is 0. The van der Waals surface area contributed by atoms with Gasteiger partial charge in [-0.1, -0.05) is 38.8 Å². The van der Waals surface area contributed by atoms with Gasteiger partial charge in [-0.3, -0.25) is 4.79 Å². The summed E-state index contributed by atoms with van der Waals surface area (Å²) in [5, 5.41) is 0. The van der Waals surface area contributed by atoms with Crippen molar-refractivity contribution in [2.24, 2.45) is 10.8 Å². The van der Waals surface area contributed by atoms with E-state index in [-0.39, 0.29) is 11.4 Å². The number of unbranched alkanes of at least 4 members (excludes halogenated alkanes) is 2. The van der Waals surface area contributed by atoms with Crippen LogP contribution in [0.15, 0.2) is 12.2 Å². The second kappa shape index (κ2) is 4.83. The normalized spacial score (nSPS) is 34.9. The van der Waals surface area contributed by atoms with Crippen LogP contribution < -0.4 is 0 Å². The van der Waals surface area contributed by atoms with Crippen LogP contribution in [0.5, 0.6) is 0 Å². The molecule has 2 bridgehead atoms. The molecule has 0 saturated heterocycles. The predicted octanol–water partition coefficient (Wildman–Crippen LogP) is 3.86. The lowest BCUT2D eigenvalue weighted by Gasteiger charge is -2.45. The zero-order valence-electron chi connectivity index (χ0n) is 11.1. The Balaban J connectivity index is 1.89. The van der Waals surface area contributed by atoms with Crippen LogP contribution in [-0.4, -0.2) is 12.6 Å². The fourth-order valence-electron chi connectivity index (χ4n) is 2.89. The average Bonchev–Trinajstić information content (AvgIpc) is 2.36. The molecular weight excluding hydrogens is 212 g/mol. The van der Waals surface area contributed by atoms with Crippen LogP contribution in [-0.2, 0) is 9.53 Å². The summed E-state index contributed by atoms with van der Waals surface area (Å²) in [5.74, 6) is 0.0200. The minimum atomic E-state index is -0.274. The summed E-state index contributed by atoms with van der Waals surface area (Å²) in [4.78, 5) is 12.2. The minimum absolute atomic E-state index is 0.0200. The molecule has 0 amide bonds. The molecule has 1 saturated carbocycles. The summed E-state index contributed by atoms with van der Waals surface area (Å²) in [5.41, 5.74) is 0.0776. The standard InChI is InChI=1S/C15H24O2/c1-3-4-5-12-17-13(16)15-9-6-14(2,7-10-15)8-11-15/h6,9H,3-5,7-8,10-12H2,1-2H3. The number of esters is 1. The molecule has 0 heterocycles. The van der Waals surface area contributed by atoms with Crippen molar-refractivity contribution in [1.29, 1.82) is 0 Å². The van der Waals surface area contributed by atoms with E-state index in [9.17, 15) is 4.79 Å². The Morgan fingerprint density at radius 1 is 1.18 bits per heavy atom. The Morgan fingerprint density at radius 3 is 2.41 bits per heavy atom. The molecule has 0 unspecified atom stereocenters. The second-order valence-electron chi connectivity index (χ2n) is 5.99. The van der Waals surface area contributed by atoms with E-state index in [2.05, 4.69) is 26.0 Å².